The molecule has 1 aromatic carbocycles. The third-order valence-corrected chi connectivity index (χ3v) is 2.74. The minimum Gasteiger partial charge on any atom is -0.349 e. The Morgan fingerprint density at radius 2 is 2.21 bits per heavy atom. The molecule has 0 bridgehead atoms. The Bertz CT molecular complexity index is 460. The maximum absolute atomic E-state index is 6.06. The van der Waals surface area contributed by atoms with Crippen molar-refractivity contribution in [1.82, 2.24) is 4.57 Å². The first-order chi connectivity index (χ1) is 6.72. The Hall–Kier alpha value is -0.990. The predicted octanol–water partition coefficient (Wildman–Crippen LogP) is 2.33. The summed E-state index contributed by atoms with van der Waals surface area (Å²) >= 11 is 6.06. The molecule has 74 valence electrons. The lowest BCUT2D eigenvalue weighted by Crippen LogP contribution is -2.02. The van der Waals surface area contributed by atoms with Crippen LogP contribution in [0.25, 0.3) is 10.9 Å². The van der Waals surface area contributed by atoms with E-state index in [-0.39, 0.29) is 0 Å². The molecular formula is C11H13ClN2. The molecule has 0 amide bonds. The molecule has 0 unspecified atom stereocenters. The maximum Gasteiger partial charge on any atom is 0.0661 e. The molecule has 0 aliphatic carbocycles. The molecule has 1 aromatic heterocycles. The van der Waals surface area contributed by atoms with Crippen LogP contribution in [0.3, 0.4) is 0 Å². The van der Waals surface area contributed by atoms with Gasteiger partial charge < -0.3 is 10.3 Å². The van der Waals surface area contributed by atoms with Gasteiger partial charge in [-0.1, -0.05) is 23.7 Å². The summed E-state index contributed by atoms with van der Waals surface area (Å²) < 4.78 is 2.04. The van der Waals surface area contributed by atoms with Crippen molar-refractivity contribution in [3.63, 3.8) is 0 Å². The monoisotopic (exact) mass is 208 g/mol. The summed E-state index contributed by atoms with van der Waals surface area (Å²) in [6.07, 6.45) is 2.84. The fourth-order valence-corrected chi connectivity index (χ4v) is 2.01. The van der Waals surface area contributed by atoms with Gasteiger partial charge in [0.25, 0.3) is 0 Å². The fourth-order valence-electron chi connectivity index (χ4n) is 1.70. The average molecular weight is 209 g/mol. The number of aromatic nitrogens is 1. The van der Waals surface area contributed by atoms with E-state index in [1.54, 1.807) is 0 Å². The molecule has 0 saturated heterocycles. The van der Waals surface area contributed by atoms with Crippen LogP contribution in [-0.2, 0) is 13.5 Å². The van der Waals surface area contributed by atoms with Crippen LogP contribution in [0.1, 0.15) is 5.56 Å². The minimum atomic E-state index is 0.684. The van der Waals surface area contributed by atoms with Crippen LogP contribution in [0.5, 0.6) is 0 Å². The number of rotatable bonds is 2. The van der Waals surface area contributed by atoms with Gasteiger partial charge in [-0.3, -0.25) is 0 Å². The smallest absolute Gasteiger partial charge is 0.0661 e. The highest BCUT2D eigenvalue weighted by atomic mass is 35.5. The van der Waals surface area contributed by atoms with Crippen LogP contribution in [-0.4, -0.2) is 11.1 Å². The van der Waals surface area contributed by atoms with Crippen LogP contribution in [0.2, 0.25) is 5.02 Å². The Labute approximate surface area is 88.3 Å². The van der Waals surface area contributed by atoms with E-state index in [9.17, 15) is 0 Å². The van der Waals surface area contributed by atoms with Gasteiger partial charge in [-0.15, -0.1) is 0 Å². The van der Waals surface area contributed by atoms with Crippen molar-refractivity contribution >= 4 is 22.5 Å². The van der Waals surface area contributed by atoms with Crippen molar-refractivity contribution in [3.8, 4) is 0 Å². The van der Waals surface area contributed by atoms with E-state index in [0.29, 0.717) is 6.54 Å². The van der Waals surface area contributed by atoms with Gasteiger partial charge in [0.1, 0.15) is 0 Å². The Balaban J connectivity index is 2.59. The molecule has 2 N–H and O–H groups in total. The molecule has 2 nitrogen and oxygen atoms in total. The molecule has 1 heterocycles. The molecular weight excluding hydrogens is 196 g/mol. The zero-order chi connectivity index (χ0) is 10.1. The molecule has 14 heavy (non-hydrogen) atoms. The largest absolute Gasteiger partial charge is 0.349 e. The van der Waals surface area contributed by atoms with E-state index in [1.807, 2.05) is 17.8 Å². The minimum absolute atomic E-state index is 0.684. The summed E-state index contributed by atoms with van der Waals surface area (Å²) in [7, 11) is 2.00. The van der Waals surface area contributed by atoms with E-state index >= 15 is 0 Å². The van der Waals surface area contributed by atoms with Crippen molar-refractivity contribution in [2.75, 3.05) is 6.54 Å². The molecule has 0 aliphatic heterocycles. The fraction of sp³-hybridized carbons (Fsp3) is 0.273. The molecule has 2 rings (SSSR count). The van der Waals surface area contributed by atoms with Crippen molar-refractivity contribution in [3.05, 3.63) is 35.0 Å². The SMILES string of the molecule is Cn1cc(Cl)c2ccc(CCN)cc21. The Morgan fingerprint density at radius 1 is 1.43 bits per heavy atom. The second-order valence-corrected chi connectivity index (χ2v) is 3.89. The highest BCUT2D eigenvalue weighted by Crippen LogP contribution is 2.25. The highest BCUT2D eigenvalue weighted by molar-refractivity contribution is 6.35. The van der Waals surface area contributed by atoms with Gasteiger partial charge in [0, 0.05) is 24.1 Å². The maximum atomic E-state index is 6.06. The van der Waals surface area contributed by atoms with Gasteiger partial charge in [-0.05, 0) is 24.6 Å². The normalized spacial score (nSPS) is 11.1. The van der Waals surface area contributed by atoms with Gasteiger partial charge in [-0.25, -0.2) is 0 Å². The molecule has 0 radical (unpaired) electrons. The van der Waals surface area contributed by atoms with Crippen molar-refractivity contribution < 1.29 is 0 Å². The summed E-state index contributed by atoms with van der Waals surface area (Å²) in [5.41, 5.74) is 7.94. The average Bonchev–Trinajstić information content (AvgIpc) is 2.43. The second kappa shape index (κ2) is 3.64. The number of halogens is 1. The first-order valence-corrected chi connectivity index (χ1v) is 5.03. The Morgan fingerprint density at radius 3 is 2.93 bits per heavy atom. The zero-order valence-electron chi connectivity index (χ0n) is 8.13. The third-order valence-electron chi connectivity index (χ3n) is 2.44. The lowest BCUT2D eigenvalue weighted by Gasteiger charge is -2.00. The van der Waals surface area contributed by atoms with E-state index in [0.717, 1.165) is 16.8 Å². The number of nitrogens with two attached hydrogens (primary N) is 1. The molecule has 0 saturated carbocycles. The van der Waals surface area contributed by atoms with Crippen LogP contribution >= 0.6 is 11.6 Å². The standard InChI is InChI=1S/C11H13ClN2/c1-14-7-10(12)9-3-2-8(4-5-13)6-11(9)14/h2-3,6-7H,4-5,13H2,1H3. The molecule has 0 aliphatic rings. The number of fused-ring (bicyclic) bond motifs is 1. The van der Waals surface area contributed by atoms with Gasteiger partial charge >= 0.3 is 0 Å². The number of nitrogens with zero attached hydrogens (tertiary/aromatic N) is 1. The summed E-state index contributed by atoms with van der Waals surface area (Å²) in [4.78, 5) is 0. The van der Waals surface area contributed by atoms with Crippen LogP contribution in [0.4, 0.5) is 0 Å². The summed E-state index contributed by atoms with van der Waals surface area (Å²) in [6.45, 7) is 0.684. The summed E-state index contributed by atoms with van der Waals surface area (Å²) in [5.74, 6) is 0. The van der Waals surface area contributed by atoms with E-state index in [2.05, 4.69) is 18.2 Å². The lowest BCUT2D eigenvalue weighted by atomic mass is 10.1. The van der Waals surface area contributed by atoms with Crippen LogP contribution in [0.15, 0.2) is 24.4 Å². The third kappa shape index (κ3) is 1.51. The van der Waals surface area contributed by atoms with Crippen molar-refractivity contribution in [2.45, 2.75) is 6.42 Å². The topological polar surface area (TPSA) is 30.9 Å². The Kier molecular flexibility index (Phi) is 2.48. The second-order valence-electron chi connectivity index (χ2n) is 3.48. The first kappa shape index (κ1) is 9.56. The molecule has 0 spiro atoms. The summed E-state index contributed by atoms with van der Waals surface area (Å²) in [6, 6.07) is 6.29. The van der Waals surface area contributed by atoms with E-state index in [4.69, 9.17) is 17.3 Å². The van der Waals surface area contributed by atoms with E-state index < -0.39 is 0 Å². The summed E-state index contributed by atoms with van der Waals surface area (Å²) in [5, 5.41) is 1.91. The number of aryl methyl sites for hydroxylation is 1. The van der Waals surface area contributed by atoms with Crippen molar-refractivity contribution in [1.29, 1.82) is 0 Å². The number of hydrogen-bond donors (Lipinski definition) is 1. The first-order valence-electron chi connectivity index (χ1n) is 4.66. The molecule has 0 atom stereocenters. The van der Waals surface area contributed by atoms with Crippen LogP contribution < -0.4 is 5.73 Å². The van der Waals surface area contributed by atoms with E-state index in [1.165, 1.54) is 11.1 Å². The quantitative estimate of drug-likeness (QED) is 0.807. The molecule has 3 heteroatoms. The predicted molar refractivity (Wildman–Crippen MR) is 60.7 cm³/mol. The molecule has 2 aromatic rings. The lowest BCUT2D eigenvalue weighted by molar-refractivity contribution is 0.952. The number of benzene rings is 1. The van der Waals surface area contributed by atoms with Crippen molar-refractivity contribution in [2.24, 2.45) is 12.8 Å². The number of hydrogen-bond acceptors (Lipinski definition) is 1. The zero-order valence-corrected chi connectivity index (χ0v) is 8.88. The highest BCUT2D eigenvalue weighted by Gasteiger charge is 2.04. The van der Waals surface area contributed by atoms with Crippen LogP contribution in [0, 0.1) is 0 Å². The van der Waals surface area contributed by atoms with Gasteiger partial charge in [-0.2, -0.15) is 0 Å². The van der Waals surface area contributed by atoms with Gasteiger partial charge in [0.05, 0.1) is 5.02 Å². The van der Waals surface area contributed by atoms with Gasteiger partial charge in [0.15, 0.2) is 0 Å². The van der Waals surface area contributed by atoms with Gasteiger partial charge in [0.2, 0.25) is 0 Å². The molecule has 0 fully saturated rings.